The van der Waals surface area contributed by atoms with Crippen molar-refractivity contribution in [3.63, 3.8) is 0 Å². The fourth-order valence-corrected chi connectivity index (χ4v) is 5.95. The van der Waals surface area contributed by atoms with E-state index in [2.05, 4.69) is 16.5 Å². The third-order valence-electron chi connectivity index (χ3n) is 9.94. The zero-order valence-corrected chi connectivity index (χ0v) is 33.1. The number of hydrogen-bond donors (Lipinski definition) is 0. The second-order valence-corrected chi connectivity index (χ2v) is 14.9. The van der Waals surface area contributed by atoms with Gasteiger partial charge in [-0.3, -0.25) is 9.59 Å². The van der Waals surface area contributed by atoms with Crippen LogP contribution in [-0.2, 0) is 39.7 Å². The number of fused-ring (bicyclic) bond motifs is 6. The van der Waals surface area contributed by atoms with Crippen LogP contribution in [0.25, 0.3) is 11.8 Å². The molecular weight excluding hydrogens is 716 g/mol. The van der Waals surface area contributed by atoms with Gasteiger partial charge in [-0.25, -0.2) is 14.8 Å². The van der Waals surface area contributed by atoms with Gasteiger partial charge in [-0.2, -0.15) is 0 Å². The Hall–Kier alpha value is -5.17. The van der Waals surface area contributed by atoms with Crippen molar-refractivity contribution in [3.8, 4) is 0 Å². The summed E-state index contributed by atoms with van der Waals surface area (Å²) in [6.45, 7) is 14.8. The second-order valence-electron chi connectivity index (χ2n) is 14.9. The molecule has 0 aliphatic carbocycles. The summed E-state index contributed by atoms with van der Waals surface area (Å²) in [7, 11) is 1.57. The Morgan fingerprint density at radius 2 is 1.34 bits per heavy atom. The van der Waals surface area contributed by atoms with Gasteiger partial charge in [-0.15, -0.1) is 0 Å². The summed E-state index contributed by atoms with van der Waals surface area (Å²) in [6, 6.07) is 0. The Balaban J connectivity index is 1.37. The first-order chi connectivity index (χ1) is 26.8. The van der Waals surface area contributed by atoms with Crippen LogP contribution in [0.15, 0.2) is 107 Å². The van der Waals surface area contributed by atoms with Gasteiger partial charge in [0.2, 0.25) is 5.89 Å². The molecule has 7 atom stereocenters. The number of carbonyl (C=O) groups excluding carboxylic acids is 3. The lowest BCUT2D eigenvalue weighted by molar-refractivity contribution is -0.128. The van der Waals surface area contributed by atoms with Crippen molar-refractivity contribution in [1.82, 2.24) is 9.97 Å². The van der Waals surface area contributed by atoms with E-state index in [1.807, 2.05) is 62.5 Å². The van der Waals surface area contributed by atoms with Gasteiger partial charge < -0.3 is 32.5 Å². The van der Waals surface area contributed by atoms with E-state index < -0.39 is 35.1 Å². The van der Waals surface area contributed by atoms with E-state index in [0.717, 1.165) is 0 Å². The Morgan fingerprint density at radius 3 is 1.95 bits per heavy atom. The second kappa shape index (κ2) is 18.6. The van der Waals surface area contributed by atoms with E-state index in [0.29, 0.717) is 18.0 Å². The lowest BCUT2D eigenvalue weighted by Gasteiger charge is -2.32. The molecule has 5 heterocycles. The smallest absolute Gasteiger partial charge is 0.360 e. The van der Waals surface area contributed by atoms with E-state index in [1.165, 1.54) is 18.6 Å². The molecule has 0 amide bonds. The number of aromatic nitrogens is 2. The van der Waals surface area contributed by atoms with Crippen LogP contribution in [0.3, 0.4) is 0 Å². The molecule has 0 N–H and O–H groups in total. The van der Waals surface area contributed by atoms with E-state index in [4.69, 9.17) is 32.5 Å². The highest BCUT2D eigenvalue weighted by Crippen LogP contribution is 2.34. The minimum absolute atomic E-state index is 0.0105. The third kappa shape index (κ3) is 11.0. The number of hydrogen-bond acceptors (Lipinski definition) is 12. The van der Waals surface area contributed by atoms with Gasteiger partial charge in [0.1, 0.15) is 60.6 Å². The molecule has 0 aromatic carbocycles. The van der Waals surface area contributed by atoms with Gasteiger partial charge in [0, 0.05) is 26.0 Å². The Morgan fingerprint density at radius 1 is 0.768 bits per heavy atom. The number of rotatable bonds is 7. The maximum Gasteiger partial charge on any atom is 0.360 e. The van der Waals surface area contributed by atoms with E-state index >= 15 is 0 Å². The van der Waals surface area contributed by atoms with Crippen LogP contribution < -0.4 is 0 Å². The van der Waals surface area contributed by atoms with Gasteiger partial charge >= 0.3 is 5.97 Å². The molecule has 7 unspecified atom stereocenters. The molecule has 0 saturated carbocycles. The molecule has 298 valence electrons. The van der Waals surface area contributed by atoms with Gasteiger partial charge in [-0.05, 0) is 53.7 Å². The SMILES string of the molecule is C=C1OC(C(C)(C)C(=O)C=CC)CC=CC2OC2C=CC(OC)Cc2nc(co2)C(=O)OC(C(C)(C)C(=O)C=CC)CC=CC2OC2C=CC=Cc2nc1co2. The average molecular weight is 769 g/mol. The van der Waals surface area contributed by atoms with Crippen LogP contribution in [0, 0.1) is 10.8 Å². The fourth-order valence-electron chi connectivity index (χ4n) is 5.95. The topological polar surface area (TPSA) is 156 Å². The van der Waals surface area contributed by atoms with Crippen molar-refractivity contribution in [1.29, 1.82) is 0 Å². The molecule has 0 spiro atoms. The summed E-state index contributed by atoms with van der Waals surface area (Å²) in [5, 5.41) is 0. The molecule has 56 heavy (non-hydrogen) atoms. The number of oxazole rings is 2. The van der Waals surface area contributed by atoms with Crippen molar-refractivity contribution in [2.45, 2.75) is 104 Å². The van der Waals surface area contributed by atoms with Crippen molar-refractivity contribution in [3.05, 3.63) is 121 Å². The Labute approximate surface area is 328 Å². The molecular formula is C44H52N2O10. The van der Waals surface area contributed by atoms with Crippen LogP contribution >= 0.6 is 0 Å². The Kier molecular flexibility index (Phi) is 14.0. The van der Waals surface area contributed by atoms with Crippen molar-refractivity contribution >= 4 is 29.4 Å². The zero-order chi connectivity index (χ0) is 40.5. The molecule has 2 aromatic heterocycles. The molecule has 2 saturated heterocycles. The first-order valence-electron chi connectivity index (χ1n) is 18.8. The molecule has 3 aliphatic heterocycles. The highest BCUT2D eigenvalue weighted by molar-refractivity contribution is 5.95. The largest absolute Gasteiger partial charge is 0.487 e. The predicted octanol–water partition coefficient (Wildman–Crippen LogP) is 7.71. The monoisotopic (exact) mass is 768 g/mol. The molecule has 0 radical (unpaired) electrons. The minimum Gasteiger partial charge on any atom is -0.487 e. The summed E-state index contributed by atoms with van der Waals surface area (Å²) in [4.78, 5) is 48.4. The number of methoxy groups -OCH3 is 1. The van der Waals surface area contributed by atoms with Crippen molar-refractivity contribution in [2.24, 2.45) is 10.8 Å². The zero-order valence-electron chi connectivity index (χ0n) is 33.1. The van der Waals surface area contributed by atoms with Crippen LogP contribution in [0.1, 0.15) is 82.3 Å². The maximum absolute atomic E-state index is 13.3. The summed E-state index contributed by atoms with van der Waals surface area (Å²) in [5.41, 5.74) is -1.51. The number of ketones is 2. The van der Waals surface area contributed by atoms with Gasteiger partial charge in [0.25, 0.3) is 0 Å². The first-order valence-corrected chi connectivity index (χ1v) is 18.8. The molecule has 3 aliphatic rings. The lowest BCUT2D eigenvalue weighted by atomic mass is 9.80. The highest BCUT2D eigenvalue weighted by atomic mass is 16.6. The number of nitrogens with zero attached hydrogens (tertiary/aromatic N) is 2. The average Bonchev–Trinajstić information content (AvgIpc) is 3.96. The number of esters is 1. The van der Waals surface area contributed by atoms with Gasteiger partial charge in [0.05, 0.1) is 23.4 Å². The van der Waals surface area contributed by atoms with E-state index in [-0.39, 0.29) is 66.2 Å². The molecule has 4 bridgehead atoms. The summed E-state index contributed by atoms with van der Waals surface area (Å²) < 4.78 is 40.8. The third-order valence-corrected chi connectivity index (χ3v) is 9.94. The van der Waals surface area contributed by atoms with Crippen molar-refractivity contribution < 1.29 is 46.9 Å². The lowest BCUT2D eigenvalue weighted by Crippen LogP contribution is -2.39. The molecule has 2 fully saturated rings. The quantitative estimate of drug-likeness (QED) is 0.117. The van der Waals surface area contributed by atoms with E-state index in [9.17, 15) is 14.4 Å². The first kappa shape index (κ1) is 42.0. The number of carbonyl (C=O) groups is 3. The van der Waals surface area contributed by atoms with Gasteiger partial charge in [0.15, 0.2) is 23.2 Å². The minimum atomic E-state index is -1.03. The van der Waals surface area contributed by atoms with Crippen LogP contribution in [0.5, 0.6) is 0 Å². The van der Waals surface area contributed by atoms with Gasteiger partial charge in [-0.1, -0.05) is 73.4 Å². The molecule has 12 nitrogen and oxygen atoms in total. The maximum atomic E-state index is 13.3. The van der Waals surface area contributed by atoms with E-state index in [1.54, 1.807) is 65.2 Å². The fraction of sp³-hybridized carbons (Fsp3) is 0.432. The summed E-state index contributed by atoms with van der Waals surface area (Å²) in [6.07, 6.45) is 26.2. The van der Waals surface area contributed by atoms with Crippen LogP contribution in [-0.4, -0.2) is 77.3 Å². The van der Waals surface area contributed by atoms with Crippen LogP contribution in [0.2, 0.25) is 0 Å². The number of epoxide rings is 2. The number of allylic oxidation sites excluding steroid dienone is 6. The molecule has 2 aromatic rings. The Bertz CT molecular complexity index is 1940. The highest BCUT2D eigenvalue weighted by Gasteiger charge is 2.40. The van der Waals surface area contributed by atoms with Crippen LogP contribution in [0.4, 0.5) is 0 Å². The summed E-state index contributed by atoms with van der Waals surface area (Å²) in [5.74, 6) is -0.0444. The van der Waals surface area contributed by atoms with Crippen molar-refractivity contribution in [2.75, 3.05) is 7.11 Å². The predicted molar refractivity (Wildman–Crippen MR) is 210 cm³/mol. The number of cyclic esters (lactones) is 1. The normalized spacial score (nSPS) is 26.7. The standard InChI is InChI=1S/C44H52N2O10/c1-9-15-36(47)43(4,5)38-20-13-19-34-35(55-34)24-23-29(50-8)25-41-46-31(27-52-41)42(49)56-39(44(6,7)37(48)16-10-2)21-14-18-33-32(54-33)17-11-12-22-40-45-30(26-51-40)28(3)53-38/h9-19,22-24,26-27,29,32-35,38-39H,3,20-21,25H2,1-2,4-8H3. The molecule has 12 heteroatoms. The molecule has 5 rings (SSSR count). The number of ether oxygens (including phenoxy) is 5. The summed E-state index contributed by atoms with van der Waals surface area (Å²) >= 11 is 0.